The Morgan fingerprint density at radius 3 is 2.93 bits per heavy atom. The van der Waals surface area contributed by atoms with E-state index in [9.17, 15) is 4.79 Å². The number of fused-ring (bicyclic) bond motifs is 1. The van der Waals surface area contributed by atoms with Crippen LogP contribution in [0.25, 0.3) is 0 Å². The monoisotopic (exact) mass is 201 g/mol. The zero-order valence-electron chi connectivity index (χ0n) is 8.99. The summed E-state index contributed by atoms with van der Waals surface area (Å²) < 4.78 is 0. The first-order chi connectivity index (χ1) is 7.24. The topological polar surface area (TPSA) is 20.3 Å². The van der Waals surface area contributed by atoms with Crippen molar-refractivity contribution in [2.45, 2.75) is 26.3 Å². The van der Waals surface area contributed by atoms with Crippen LogP contribution in [0.3, 0.4) is 0 Å². The van der Waals surface area contributed by atoms with Gasteiger partial charge in [0.2, 0.25) is 0 Å². The summed E-state index contributed by atoms with van der Waals surface area (Å²) in [6.07, 6.45) is 2.61. The molecule has 0 unspecified atom stereocenters. The molecule has 1 aromatic rings. The average molecular weight is 201 g/mol. The first kappa shape index (κ1) is 8.96. The molecule has 78 valence electrons. The summed E-state index contributed by atoms with van der Waals surface area (Å²) in [7, 11) is 0. The maximum absolute atomic E-state index is 12.0. The number of nitrogens with zero attached hydrogens (tertiary/aromatic N) is 1. The second-order valence-electron chi connectivity index (χ2n) is 4.79. The minimum absolute atomic E-state index is 0.233. The van der Waals surface area contributed by atoms with Gasteiger partial charge in [0.25, 0.3) is 5.91 Å². The molecular weight excluding hydrogens is 186 g/mol. The van der Waals surface area contributed by atoms with Gasteiger partial charge in [-0.25, -0.2) is 0 Å². The second-order valence-corrected chi connectivity index (χ2v) is 4.79. The van der Waals surface area contributed by atoms with Crippen LogP contribution < -0.4 is 0 Å². The molecule has 1 aromatic carbocycles. The molecule has 2 heteroatoms. The first-order valence-electron chi connectivity index (χ1n) is 5.63. The number of hydrogen-bond acceptors (Lipinski definition) is 1. The summed E-state index contributed by atoms with van der Waals surface area (Å²) in [4.78, 5) is 14.0. The standard InChI is InChI=1S/C13H15NO/c1-9-2-5-12-11(6-9)8-14(13(12)15)7-10-3-4-10/h2,5-6,10H,3-4,7-8H2,1H3. The van der Waals surface area contributed by atoms with Gasteiger partial charge in [-0.1, -0.05) is 17.7 Å². The van der Waals surface area contributed by atoms with E-state index in [0.717, 1.165) is 24.6 Å². The molecule has 1 saturated carbocycles. The Morgan fingerprint density at radius 2 is 2.20 bits per heavy atom. The zero-order valence-corrected chi connectivity index (χ0v) is 8.99. The van der Waals surface area contributed by atoms with E-state index in [-0.39, 0.29) is 5.91 Å². The largest absolute Gasteiger partial charge is 0.334 e. The molecule has 0 saturated heterocycles. The van der Waals surface area contributed by atoms with Gasteiger partial charge in [0.15, 0.2) is 0 Å². The van der Waals surface area contributed by atoms with Crippen molar-refractivity contribution in [1.82, 2.24) is 4.90 Å². The SMILES string of the molecule is Cc1ccc2c(c1)CN(CC1CC1)C2=O. The molecule has 1 amide bonds. The Hall–Kier alpha value is -1.31. The summed E-state index contributed by atoms with van der Waals surface area (Å²) in [6, 6.07) is 6.14. The van der Waals surface area contributed by atoms with E-state index < -0.39 is 0 Å². The van der Waals surface area contributed by atoms with Crippen molar-refractivity contribution in [2.75, 3.05) is 6.54 Å². The van der Waals surface area contributed by atoms with Gasteiger partial charge in [-0.3, -0.25) is 4.79 Å². The highest BCUT2D eigenvalue weighted by Crippen LogP contribution is 2.33. The van der Waals surface area contributed by atoms with Crippen molar-refractivity contribution >= 4 is 5.91 Å². The van der Waals surface area contributed by atoms with Crippen LogP contribution in [-0.4, -0.2) is 17.4 Å². The van der Waals surface area contributed by atoms with Gasteiger partial charge in [0.05, 0.1) is 0 Å². The molecular formula is C13H15NO. The fraction of sp³-hybridized carbons (Fsp3) is 0.462. The smallest absolute Gasteiger partial charge is 0.254 e. The molecule has 0 radical (unpaired) electrons. The maximum atomic E-state index is 12.0. The summed E-state index contributed by atoms with van der Waals surface area (Å²) >= 11 is 0. The van der Waals surface area contributed by atoms with Crippen LogP contribution in [0.1, 0.15) is 34.3 Å². The quantitative estimate of drug-likeness (QED) is 0.719. The molecule has 2 aliphatic rings. The van der Waals surface area contributed by atoms with E-state index in [1.807, 2.05) is 17.0 Å². The van der Waals surface area contributed by atoms with Crippen LogP contribution in [-0.2, 0) is 6.54 Å². The lowest BCUT2D eigenvalue weighted by atomic mass is 10.1. The lowest BCUT2D eigenvalue weighted by Gasteiger charge is -2.14. The summed E-state index contributed by atoms with van der Waals surface area (Å²) in [6.45, 7) is 3.87. The van der Waals surface area contributed by atoms with Crippen molar-refractivity contribution in [3.8, 4) is 0 Å². The minimum Gasteiger partial charge on any atom is -0.334 e. The van der Waals surface area contributed by atoms with Gasteiger partial charge in [0.1, 0.15) is 0 Å². The highest BCUT2D eigenvalue weighted by molar-refractivity contribution is 5.98. The van der Waals surface area contributed by atoms with Crippen LogP contribution in [0.5, 0.6) is 0 Å². The third kappa shape index (κ3) is 1.54. The first-order valence-corrected chi connectivity index (χ1v) is 5.63. The minimum atomic E-state index is 0.233. The van der Waals surface area contributed by atoms with Gasteiger partial charge >= 0.3 is 0 Å². The molecule has 0 spiro atoms. The van der Waals surface area contributed by atoms with E-state index in [2.05, 4.69) is 13.0 Å². The van der Waals surface area contributed by atoms with Gasteiger partial charge in [-0.2, -0.15) is 0 Å². The predicted octanol–water partition coefficient (Wildman–Crippen LogP) is 2.36. The highest BCUT2D eigenvalue weighted by atomic mass is 16.2. The number of carbonyl (C=O) groups is 1. The van der Waals surface area contributed by atoms with E-state index in [4.69, 9.17) is 0 Å². The number of aryl methyl sites for hydroxylation is 1. The van der Waals surface area contributed by atoms with Gasteiger partial charge in [-0.05, 0) is 37.3 Å². The number of carbonyl (C=O) groups excluding carboxylic acids is 1. The molecule has 15 heavy (non-hydrogen) atoms. The van der Waals surface area contributed by atoms with E-state index in [1.165, 1.54) is 24.0 Å². The molecule has 0 N–H and O–H groups in total. The van der Waals surface area contributed by atoms with Gasteiger partial charge < -0.3 is 4.90 Å². The van der Waals surface area contributed by atoms with Crippen LogP contribution in [0.15, 0.2) is 18.2 Å². The third-order valence-corrected chi connectivity index (χ3v) is 3.32. The fourth-order valence-corrected chi connectivity index (χ4v) is 2.27. The molecule has 0 atom stereocenters. The van der Waals surface area contributed by atoms with E-state index in [0.29, 0.717) is 0 Å². The van der Waals surface area contributed by atoms with E-state index >= 15 is 0 Å². The predicted molar refractivity (Wildman–Crippen MR) is 58.6 cm³/mol. The Bertz CT molecular complexity index is 421. The lowest BCUT2D eigenvalue weighted by molar-refractivity contribution is 0.0771. The molecule has 1 aliphatic carbocycles. The van der Waals surface area contributed by atoms with Crippen molar-refractivity contribution < 1.29 is 4.79 Å². The molecule has 3 rings (SSSR count). The fourth-order valence-electron chi connectivity index (χ4n) is 2.27. The zero-order chi connectivity index (χ0) is 10.4. The van der Waals surface area contributed by atoms with Crippen molar-refractivity contribution in [2.24, 2.45) is 5.92 Å². The number of benzene rings is 1. The van der Waals surface area contributed by atoms with Crippen molar-refractivity contribution in [3.63, 3.8) is 0 Å². The maximum Gasteiger partial charge on any atom is 0.254 e. The van der Waals surface area contributed by atoms with Crippen molar-refractivity contribution in [3.05, 3.63) is 34.9 Å². The Labute approximate surface area is 89.9 Å². The Morgan fingerprint density at radius 1 is 1.40 bits per heavy atom. The van der Waals surface area contributed by atoms with Crippen LogP contribution in [0.2, 0.25) is 0 Å². The molecule has 1 fully saturated rings. The van der Waals surface area contributed by atoms with Crippen molar-refractivity contribution in [1.29, 1.82) is 0 Å². The van der Waals surface area contributed by atoms with Gasteiger partial charge in [0, 0.05) is 18.7 Å². The lowest BCUT2D eigenvalue weighted by Crippen LogP contribution is -2.26. The van der Waals surface area contributed by atoms with Gasteiger partial charge in [-0.15, -0.1) is 0 Å². The second kappa shape index (κ2) is 3.09. The number of rotatable bonds is 2. The average Bonchev–Trinajstić information content (AvgIpc) is 2.95. The third-order valence-electron chi connectivity index (χ3n) is 3.32. The van der Waals surface area contributed by atoms with E-state index in [1.54, 1.807) is 0 Å². The molecule has 0 aromatic heterocycles. The van der Waals surface area contributed by atoms with Crippen LogP contribution in [0, 0.1) is 12.8 Å². The highest BCUT2D eigenvalue weighted by Gasteiger charge is 2.32. The normalized spacial score (nSPS) is 19.5. The number of amides is 1. The molecule has 0 bridgehead atoms. The summed E-state index contributed by atoms with van der Waals surface area (Å²) in [5, 5.41) is 0. The van der Waals surface area contributed by atoms with Crippen LogP contribution in [0.4, 0.5) is 0 Å². The number of hydrogen-bond donors (Lipinski definition) is 0. The summed E-state index contributed by atoms with van der Waals surface area (Å²) in [5.41, 5.74) is 3.37. The molecule has 2 nitrogen and oxygen atoms in total. The van der Waals surface area contributed by atoms with Crippen LogP contribution >= 0.6 is 0 Å². The Balaban J connectivity index is 1.87. The summed E-state index contributed by atoms with van der Waals surface area (Å²) in [5.74, 6) is 1.02. The Kier molecular flexibility index (Phi) is 1.84. The molecule has 1 heterocycles. The molecule has 1 aliphatic heterocycles.